The van der Waals surface area contributed by atoms with Crippen LogP contribution < -0.4 is 10.1 Å². The van der Waals surface area contributed by atoms with Crippen LogP contribution >= 0.6 is 0 Å². The number of nitrogens with zero attached hydrogens (tertiary/aromatic N) is 2. The molecule has 31 heavy (non-hydrogen) atoms. The molecule has 0 bridgehead atoms. The number of halogens is 2. The second-order valence-corrected chi connectivity index (χ2v) is 7.60. The van der Waals surface area contributed by atoms with Gasteiger partial charge in [-0.05, 0) is 42.3 Å². The largest absolute Gasteiger partial charge is 0.491 e. The van der Waals surface area contributed by atoms with Gasteiger partial charge in [0.2, 0.25) is 0 Å². The number of nitrogens with one attached hydrogen (secondary N) is 1. The number of aryl methyl sites for hydroxylation is 1. The predicted octanol–water partition coefficient (Wildman–Crippen LogP) is 4.02. The van der Waals surface area contributed by atoms with Crippen LogP contribution in [0.5, 0.6) is 5.75 Å². The fourth-order valence-corrected chi connectivity index (χ4v) is 3.78. The van der Waals surface area contributed by atoms with Gasteiger partial charge in [-0.25, -0.2) is 13.6 Å². The summed E-state index contributed by atoms with van der Waals surface area (Å²) in [7, 11) is 1.78. The molecule has 0 saturated carbocycles. The third-order valence-corrected chi connectivity index (χ3v) is 5.43. The molecule has 1 N–H and O–H groups in total. The van der Waals surface area contributed by atoms with Gasteiger partial charge in [-0.2, -0.15) is 0 Å². The Hall–Kier alpha value is -3.42. The molecule has 3 aromatic rings. The van der Waals surface area contributed by atoms with Crippen LogP contribution in [-0.2, 0) is 13.6 Å². The van der Waals surface area contributed by atoms with Crippen molar-refractivity contribution in [1.29, 1.82) is 0 Å². The number of carbonyl (C=O) groups excluding carboxylic acids is 2. The number of Topliss-reactive ketones (excluding diaryl/α,β-unsaturated/α-hetero) is 1. The average Bonchev–Trinajstić information content (AvgIpc) is 3.04. The lowest BCUT2D eigenvalue weighted by Crippen LogP contribution is -2.42. The summed E-state index contributed by atoms with van der Waals surface area (Å²) in [5, 5.41) is 3.36. The van der Waals surface area contributed by atoms with E-state index in [4.69, 9.17) is 4.74 Å². The van der Waals surface area contributed by atoms with Gasteiger partial charge < -0.3 is 19.5 Å². The average molecular weight is 427 g/mol. The van der Waals surface area contributed by atoms with E-state index in [0.29, 0.717) is 30.6 Å². The first-order valence-corrected chi connectivity index (χ1v) is 10.1. The van der Waals surface area contributed by atoms with E-state index in [0.717, 1.165) is 11.1 Å². The second-order valence-electron chi connectivity index (χ2n) is 7.60. The van der Waals surface area contributed by atoms with Gasteiger partial charge in [0.1, 0.15) is 24.0 Å². The molecule has 0 spiro atoms. The van der Waals surface area contributed by atoms with Crippen LogP contribution in [0.1, 0.15) is 28.8 Å². The number of aromatic nitrogens is 1. The van der Waals surface area contributed by atoms with Crippen molar-refractivity contribution in [2.75, 3.05) is 19.7 Å². The summed E-state index contributed by atoms with van der Waals surface area (Å²) in [6.07, 6.45) is 2.07. The minimum atomic E-state index is -0.484. The van der Waals surface area contributed by atoms with Gasteiger partial charge in [-0.15, -0.1) is 0 Å². The molecule has 1 aromatic heterocycles. The highest BCUT2D eigenvalue weighted by atomic mass is 19.1. The van der Waals surface area contributed by atoms with Crippen molar-refractivity contribution in [1.82, 2.24) is 14.8 Å². The van der Waals surface area contributed by atoms with Crippen molar-refractivity contribution in [3.05, 3.63) is 65.4 Å². The highest BCUT2D eigenvalue weighted by molar-refractivity contribution is 5.98. The highest BCUT2D eigenvalue weighted by Crippen LogP contribution is 2.23. The van der Waals surface area contributed by atoms with Crippen LogP contribution in [0.25, 0.3) is 10.9 Å². The lowest BCUT2D eigenvalue weighted by molar-refractivity contribution is 0.0963. The summed E-state index contributed by atoms with van der Waals surface area (Å²) in [6, 6.07) is 8.99. The minimum Gasteiger partial charge on any atom is -0.491 e. The van der Waals surface area contributed by atoms with Gasteiger partial charge in [0.05, 0.1) is 17.6 Å². The van der Waals surface area contributed by atoms with Crippen LogP contribution in [0.4, 0.5) is 13.6 Å². The number of ketones is 1. The van der Waals surface area contributed by atoms with Crippen molar-refractivity contribution < 1.29 is 23.1 Å². The molecule has 1 aliphatic heterocycles. The molecule has 0 aliphatic carbocycles. The Morgan fingerprint density at radius 2 is 2.00 bits per heavy atom. The Morgan fingerprint density at radius 3 is 2.84 bits per heavy atom. The molecule has 0 fully saturated rings. The van der Waals surface area contributed by atoms with Crippen LogP contribution in [0.3, 0.4) is 0 Å². The molecule has 8 heteroatoms. The molecule has 2 heterocycles. The fraction of sp³-hybridized carbons (Fsp3) is 0.304. The van der Waals surface area contributed by atoms with E-state index in [2.05, 4.69) is 5.32 Å². The maximum Gasteiger partial charge on any atom is 0.317 e. The Morgan fingerprint density at radius 1 is 1.16 bits per heavy atom. The lowest BCUT2D eigenvalue weighted by atomic mass is 10.0. The molecule has 6 nitrogen and oxygen atoms in total. The Balaban J connectivity index is 1.40. The number of fused-ring (bicyclic) bond motifs is 2. The first-order valence-electron chi connectivity index (χ1n) is 10.1. The number of ether oxygens (including phenoxy) is 1. The number of hydrogen-bond acceptors (Lipinski definition) is 3. The second kappa shape index (κ2) is 8.75. The van der Waals surface area contributed by atoms with Crippen molar-refractivity contribution in [2.24, 2.45) is 7.05 Å². The van der Waals surface area contributed by atoms with Gasteiger partial charge in [-0.1, -0.05) is 6.07 Å². The van der Waals surface area contributed by atoms with Crippen LogP contribution in [-0.4, -0.2) is 41.0 Å². The summed E-state index contributed by atoms with van der Waals surface area (Å²) in [6.45, 7) is 1.13. The number of urea groups is 1. The third kappa shape index (κ3) is 4.52. The summed E-state index contributed by atoms with van der Waals surface area (Å²) in [5.74, 6) is -0.673. The monoisotopic (exact) mass is 427 g/mol. The Bertz CT molecular complexity index is 1140. The first kappa shape index (κ1) is 20.8. The first-order chi connectivity index (χ1) is 14.9. The summed E-state index contributed by atoms with van der Waals surface area (Å²) in [5.41, 5.74) is 1.81. The van der Waals surface area contributed by atoms with E-state index in [1.54, 1.807) is 22.6 Å². The molecule has 0 radical (unpaired) electrons. The van der Waals surface area contributed by atoms with E-state index < -0.39 is 5.82 Å². The van der Waals surface area contributed by atoms with Crippen LogP contribution in [0, 0.1) is 11.6 Å². The molecular weight excluding hydrogens is 404 g/mol. The third-order valence-electron chi connectivity index (χ3n) is 5.43. The lowest BCUT2D eigenvalue weighted by Gasteiger charge is -2.24. The highest BCUT2D eigenvalue weighted by Gasteiger charge is 2.19. The SMILES string of the molecule is Cn1cc(F)c2cc(CNC(=O)N3CCCC(=O)c4cc(F)ccc4OCC3)ccc21. The van der Waals surface area contributed by atoms with Gasteiger partial charge >= 0.3 is 6.03 Å². The van der Waals surface area contributed by atoms with Gasteiger partial charge in [0, 0.05) is 38.1 Å². The molecule has 4 rings (SSSR count). The van der Waals surface area contributed by atoms with E-state index in [1.165, 1.54) is 24.4 Å². The van der Waals surface area contributed by atoms with Gasteiger partial charge in [-0.3, -0.25) is 4.79 Å². The maximum absolute atomic E-state index is 14.0. The minimum absolute atomic E-state index is 0.181. The number of rotatable bonds is 2. The van der Waals surface area contributed by atoms with Crippen molar-refractivity contribution in [3.63, 3.8) is 0 Å². The number of carbonyl (C=O) groups is 2. The molecule has 1 aliphatic rings. The summed E-state index contributed by atoms with van der Waals surface area (Å²) in [4.78, 5) is 26.7. The van der Waals surface area contributed by atoms with E-state index in [1.807, 2.05) is 12.1 Å². The molecule has 2 amide bonds. The Labute approximate surface area is 178 Å². The molecule has 0 atom stereocenters. The van der Waals surface area contributed by atoms with Crippen molar-refractivity contribution in [2.45, 2.75) is 19.4 Å². The standard InChI is InChI=1S/C23H23F2N3O3/c1-27-14-19(25)17-11-15(4-6-20(17)27)13-26-23(30)28-8-2-3-21(29)18-12-16(24)5-7-22(18)31-10-9-28/h4-7,11-12,14H,2-3,8-10,13H2,1H3,(H,26,30). The fourth-order valence-electron chi connectivity index (χ4n) is 3.78. The topological polar surface area (TPSA) is 63.6 Å². The Kier molecular flexibility index (Phi) is 5.88. The van der Waals surface area contributed by atoms with Crippen LogP contribution in [0.2, 0.25) is 0 Å². The summed E-state index contributed by atoms with van der Waals surface area (Å²) >= 11 is 0. The van der Waals surface area contributed by atoms with Gasteiger partial charge in [0.25, 0.3) is 0 Å². The number of benzene rings is 2. The van der Waals surface area contributed by atoms with Crippen LogP contribution in [0.15, 0.2) is 42.6 Å². The smallest absolute Gasteiger partial charge is 0.317 e. The molecule has 0 saturated heterocycles. The van der Waals surface area contributed by atoms with E-state index in [9.17, 15) is 18.4 Å². The van der Waals surface area contributed by atoms with Gasteiger partial charge in [0.15, 0.2) is 5.78 Å². The zero-order chi connectivity index (χ0) is 22.0. The van der Waals surface area contributed by atoms with E-state index >= 15 is 0 Å². The number of hydrogen-bond donors (Lipinski definition) is 1. The molecule has 162 valence electrons. The summed E-state index contributed by atoms with van der Waals surface area (Å²) < 4.78 is 34.9. The molecule has 0 unspecified atom stereocenters. The molecular formula is C23H23F2N3O3. The zero-order valence-corrected chi connectivity index (χ0v) is 17.2. The quantitative estimate of drug-likeness (QED) is 0.672. The predicted molar refractivity (Wildman–Crippen MR) is 112 cm³/mol. The van der Waals surface area contributed by atoms with Crippen molar-refractivity contribution >= 4 is 22.7 Å². The van der Waals surface area contributed by atoms with E-state index in [-0.39, 0.29) is 42.8 Å². The van der Waals surface area contributed by atoms with Crippen molar-refractivity contribution in [3.8, 4) is 5.75 Å². The normalized spacial score (nSPS) is 14.8. The zero-order valence-electron chi connectivity index (χ0n) is 17.2. The maximum atomic E-state index is 14.0. The number of amides is 2. The molecule has 2 aromatic carbocycles.